The van der Waals surface area contributed by atoms with E-state index >= 15 is 0 Å². The zero-order chi connectivity index (χ0) is 20.3. The Morgan fingerprint density at radius 1 is 0.897 bits per heavy atom. The van der Waals surface area contributed by atoms with Crippen LogP contribution in [0.25, 0.3) is 0 Å². The second kappa shape index (κ2) is 6.94. The average Bonchev–Trinajstić information content (AvgIpc) is 3.35. The van der Waals surface area contributed by atoms with Crippen molar-refractivity contribution in [3.05, 3.63) is 64.1 Å². The number of para-hydroxylation sites is 1. The number of hydrogen-bond donors (Lipinski definition) is 0. The van der Waals surface area contributed by atoms with Crippen LogP contribution in [0.4, 0.5) is 5.69 Å². The molecular formula is C22H18Cl2N2O3. The first-order chi connectivity index (χ1) is 14.0. The molecule has 2 aromatic carbocycles. The van der Waals surface area contributed by atoms with Crippen LogP contribution in [0.5, 0.6) is 0 Å². The number of anilines is 1. The molecule has 0 saturated carbocycles. The number of halogens is 2. The van der Waals surface area contributed by atoms with Gasteiger partial charge in [0.25, 0.3) is 0 Å². The molecule has 5 rings (SSSR count). The van der Waals surface area contributed by atoms with Crippen LogP contribution in [0.2, 0.25) is 10.0 Å². The van der Waals surface area contributed by atoms with Crippen LogP contribution < -0.4 is 4.90 Å². The third-order valence-electron chi connectivity index (χ3n) is 6.35. The lowest BCUT2D eigenvalue weighted by molar-refractivity contribution is -0.123. The fourth-order valence-corrected chi connectivity index (χ4v) is 5.66. The smallest absolute Gasteiger partial charge is 0.239 e. The second-order valence-corrected chi connectivity index (χ2v) is 8.57. The summed E-state index contributed by atoms with van der Waals surface area (Å²) < 4.78 is 0. The van der Waals surface area contributed by atoms with Crippen LogP contribution >= 0.6 is 23.2 Å². The van der Waals surface area contributed by atoms with Gasteiger partial charge in [-0.25, -0.2) is 4.90 Å². The monoisotopic (exact) mass is 428 g/mol. The van der Waals surface area contributed by atoms with Crippen molar-refractivity contribution in [3.63, 3.8) is 0 Å². The number of imide groups is 1. The van der Waals surface area contributed by atoms with Crippen LogP contribution in [0.3, 0.4) is 0 Å². The van der Waals surface area contributed by atoms with E-state index in [2.05, 4.69) is 0 Å². The molecule has 2 amide bonds. The molecule has 0 radical (unpaired) electrons. The molecule has 29 heavy (non-hydrogen) atoms. The Morgan fingerprint density at radius 2 is 1.55 bits per heavy atom. The SMILES string of the molecule is O=C(c1ccccc1Cl)C1C2C(=O)N(c3ccccc3Cl)C(=O)C2C2CCCN21. The van der Waals surface area contributed by atoms with Crippen molar-refractivity contribution in [1.29, 1.82) is 0 Å². The number of ketones is 1. The van der Waals surface area contributed by atoms with E-state index in [1.54, 1.807) is 48.5 Å². The third-order valence-corrected chi connectivity index (χ3v) is 7.00. The molecule has 3 heterocycles. The minimum Gasteiger partial charge on any atom is -0.292 e. The minimum atomic E-state index is -0.715. The van der Waals surface area contributed by atoms with E-state index in [0.29, 0.717) is 27.8 Å². The molecule has 148 valence electrons. The number of fused-ring (bicyclic) bond motifs is 3. The minimum absolute atomic E-state index is 0.111. The summed E-state index contributed by atoms with van der Waals surface area (Å²) in [4.78, 5) is 43.5. The maximum atomic E-state index is 13.5. The lowest BCUT2D eigenvalue weighted by Gasteiger charge is -2.28. The summed E-state index contributed by atoms with van der Waals surface area (Å²) in [6, 6.07) is 12.9. The van der Waals surface area contributed by atoms with E-state index in [-0.39, 0.29) is 23.6 Å². The molecule has 0 aromatic heterocycles. The van der Waals surface area contributed by atoms with Gasteiger partial charge in [0.05, 0.1) is 33.6 Å². The Labute approximate surface area is 178 Å². The molecule has 3 aliphatic heterocycles. The van der Waals surface area contributed by atoms with Crippen molar-refractivity contribution in [2.24, 2.45) is 11.8 Å². The highest BCUT2D eigenvalue weighted by atomic mass is 35.5. The molecule has 5 nitrogen and oxygen atoms in total. The van der Waals surface area contributed by atoms with Crippen molar-refractivity contribution < 1.29 is 14.4 Å². The van der Waals surface area contributed by atoms with Gasteiger partial charge in [0, 0.05) is 11.6 Å². The van der Waals surface area contributed by atoms with Gasteiger partial charge in [-0.05, 0) is 43.7 Å². The Kier molecular flexibility index (Phi) is 4.50. The van der Waals surface area contributed by atoms with Gasteiger partial charge in [0.1, 0.15) is 0 Å². The number of Topliss-reactive ketones (excluding diaryl/α,β-unsaturated/α-hetero) is 1. The van der Waals surface area contributed by atoms with Gasteiger partial charge in [-0.15, -0.1) is 0 Å². The van der Waals surface area contributed by atoms with Gasteiger partial charge in [-0.3, -0.25) is 19.3 Å². The standard InChI is InChI=1S/C22H18Cl2N2O3/c23-13-7-2-1-6-12(13)20(27)19-18-17(16-10-5-11-25(16)19)21(28)26(22(18)29)15-9-4-3-8-14(15)24/h1-4,6-9,16-19H,5,10-11H2. The van der Waals surface area contributed by atoms with E-state index in [1.807, 2.05) is 4.90 Å². The van der Waals surface area contributed by atoms with E-state index in [1.165, 1.54) is 4.90 Å². The number of amides is 2. The lowest BCUT2D eigenvalue weighted by atomic mass is 9.85. The van der Waals surface area contributed by atoms with Gasteiger partial charge in [-0.1, -0.05) is 47.5 Å². The molecule has 0 aliphatic carbocycles. The number of carbonyl (C=O) groups is 3. The quantitative estimate of drug-likeness (QED) is 0.550. The first kappa shape index (κ1) is 18.8. The van der Waals surface area contributed by atoms with Crippen LogP contribution in [-0.2, 0) is 9.59 Å². The topological polar surface area (TPSA) is 57.7 Å². The third kappa shape index (κ3) is 2.68. The number of carbonyl (C=O) groups excluding carboxylic acids is 3. The molecule has 3 saturated heterocycles. The Bertz CT molecular complexity index is 1040. The molecule has 7 heteroatoms. The Balaban J connectivity index is 1.59. The van der Waals surface area contributed by atoms with E-state index < -0.39 is 17.9 Å². The molecule has 2 aromatic rings. The fourth-order valence-electron chi connectivity index (χ4n) is 5.21. The summed E-state index contributed by atoms with van der Waals surface area (Å²) in [5, 5.41) is 0.697. The number of hydrogen-bond acceptors (Lipinski definition) is 4. The number of rotatable bonds is 3. The van der Waals surface area contributed by atoms with Gasteiger partial charge < -0.3 is 0 Å². The summed E-state index contributed by atoms with van der Waals surface area (Å²) >= 11 is 12.6. The molecular weight excluding hydrogens is 411 g/mol. The average molecular weight is 429 g/mol. The molecule has 3 aliphatic rings. The van der Waals surface area contributed by atoms with Crippen LogP contribution in [0.15, 0.2) is 48.5 Å². The summed E-state index contributed by atoms with van der Waals surface area (Å²) in [6.45, 7) is 0.700. The Hall–Kier alpha value is -2.21. The summed E-state index contributed by atoms with van der Waals surface area (Å²) in [6.07, 6.45) is 1.69. The highest BCUT2D eigenvalue weighted by molar-refractivity contribution is 6.37. The van der Waals surface area contributed by atoms with E-state index in [4.69, 9.17) is 23.2 Å². The molecule has 0 bridgehead atoms. The van der Waals surface area contributed by atoms with Gasteiger partial charge in [0.15, 0.2) is 5.78 Å². The van der Waals surface area contributed by atoms with Crippen molar-refractivity contribution in [1.82, 2.24) is 4.90 Å². The van der Waals surface area contributed by atoms with Crippen molar-refractivity contribution in [3.8, 4) is 0 Å². The second-order valence-electron chi connectivity index (χ2n) is 7.75. The lowest BCUT2D eigenvalue weighted by Crippen LogP contribution is -2.46. The normalized spacial score (nSPS) is 28.7. The molecule has 0 spiro atoms. The summed E-state index contributed by atoms with van der Waals surface area (Å²) in [7, 11) is 0. The maximum absolute atomic E-state index is 13.5. The fraction of sp³-hybridized carbons (Fsp3) is 0.318. The first-order valence-corrected chi connectivity index (χ1v) is 10.4. The highest BCUT2D eigenvalue weighted by Crippen LogP contribution is 2.49. The predicted molar refractivity (Wildman–Crippen MR) is 110 cm³/mol. The maximum Gasteiger partial charge on any atom is 0.239 e. The molecule has 4 atom stereocenters. The largest absolute Gasteiger partial charge is 0.292 e. The number of nitrogens with zero attached hydrogens (tertiary/aromatic N) is 2. The number of benzene rings is 2. The Morgan fingerprint density at radius 3 is 2.28 bits per heavy atom. The highest BCUT2D eigenvalue weighted by Gasteiger charge is 2.64. The van der Waals surface area contributed by atoms with Crippen LogP contribution in [-0.4, -0.2) is 41.1 Å². The zero-order valence-corrected chi connectivity index (χ0v) is 16.9. The summed E-state index contributed by atoms with van der Waals surface area (Å²) in [5.41, 5.74) is 0.772. The first-order valence-electron chi connectivity index (χ1n) is 9.67. The van der Waals surface area contributed by atoms with Gasteiger partial charge in [-0.2, -0.15) is 0 Å². The van der Waals surface area contributed by atoms with E-state index in [9.17, 15) is 14.4 Å². The van der Waals surface area contributed by atoms with Crippen LogP contribution in [0.1, 0.15) is 23.2 Å². The molecule has 0 N–H and O–H groups in total. The van der Waals surface area contributed by atoms with Gasteiger partial charge in [0.2, 0.25) is 11.8 Å². The van der Waals surface area contributed by atoms with E-state index in [0.717, 1.165) is 12.8 Å². The van der Waals surface area contributed by atoms with Crippen molar-refractivity contribution in [2.45, 2.75) is 24.9 Å². The van der Waals surface area contributed by atoms with Gasteiger partial charge >= 0.3 is 0 Å². The molecule has 3 fully saturated rings. The predicted octanol–water partition coefficient (Wildman–Crippen LogP) is 3.83. The summed E-state index contributed by atoms with van der Waals surface area (Å²) in [5.74, 6) is -2.06. The zero-order valence-electron chi connectivity index (χ0n) is 15.4. The van der Waals surface area contributed by atoms with Crippen molar-refractivity contribution >= 4 is 46.5 Å². The molecule has 4 unspecified atom stereocenters. The van der Waals surface area contributed by atoms with Crippen LogP contribution in [0, 0.1) is 11.8 Å². The van der Waals surface area contributed by atoms with Crippen molar-refractivity contribution in [2.75, 3.05) is 11.4 Å².